The summed E-state index contributed by atoms with van der Waals surface area (Å²) in [6, 6.07) is 11.9. The second-order valence-electron chi connectivity index (χ2n) is 6.05. The maximum Gasteiger partial charge on any atom is 0.264 e. The first-order chi connectivity index (χ1) is 11.9. The predicted octanol–water partition coefficient (Wildman–Crippen LogP) is 4.51. The van der Waals surface area contributed by atoms with Gasteiger partial charge in [0, 0.05) is 0 Å². The fourth-order valence-electron chi connectivity index (χ4n) is 2.69. The van der Waals surface area contributed by atoms with E-state index in [2.05, 4.69) is 16.4 Å². The minimum absolute atomic E-state index is 0.122. The fraction of sp³-hybridized carbons (Fsp3) is 0.200. The lowest BCUT2D eigenvalue weighted by molar-refractivity contribution is -0.115. The number of methoxy groups -OCH3 is 1. The van der Waals surface area contributed by atoms with Crippen molar-refractivity contribution in [1.29, 1.82) is 0 Å². The van der Waals surface area contributed by atoms with Gasteiger partial charge >= 0.3 is 0 Å². The lowest BCUT2D eigenvalue weighted by Crippen LogP contribution is -2.19. The third-order valence-electron chi connectivity index (χ3n) is 3.85. The van der Waals surface area contributed by atoms with Crippen LogP contribution in [-0.4, -0.2) is 18.2 Å². The number of amidine groups is 1. The zero-order valence-corrected chi connectivity index (χ0v) is 15.5. The van der Waals surface area contributed by atoms with Crippen LogP contribution in [-0.2, 0) is 4.79 Å². The Morgan fingerprint density at radius 3 is 2.44 bits per heavy atom. The first kappa shape index (κ1) is 17.3. The second-order valence-corrected chi connectivity index (χ2v) is 7.08. The van der Waals surface area contributed by atoms with E-state index in [4.69, 9.17) is 4.74 Å². The monoisotopic (exact) mass is 352 g/mol. The van der Waals surface area contributed by atoms with Gasteiger partial charge in [-0.3, -0.25) is 4.79 Å². The summed E-state index contributed by atoms with van der Waals surface area (Å²) in [4.78, 5) is 17.4. The van der Waals surface area contributed by atoms with Crippen molar-refractivity contribution in [2.75, 3.05) is 7.11 Å². The Hall–Kier alpha value is -2.53. The van der Waals surface area contributed by atoms with Gasteiger partial charge < -0.3 is 10.1 Å². The number of nitrogens with zero attached hydrogens (tertiary/aromatic N) is 1. The van der Waals surface area contributed by atoms with Crippen LogP contribution in [0.1, 0.15) is 22.3 Å². The number of hydrogen-bond acceptors (Lipinski definition) is 4. The van der Waals surface area contributed by atoms with Gasteiger partial charge in [0.15, 0.2) is 5.17 Å². The Balaban J connectivity index is 1.86. The van der Waals surface area contributed by atoms with E-state index in [1.54, 1.807) is 7.11 Å². The average Bonchev–Trinajstić information content (AvgIpc) is 2.87. The van der Waals surface area contributed by atoms with Gasteiger partial charge in [0.2, 0.25) is 0 Å². The molecular formula is C20H20N2O2S. The van der Waals surface area contributed by atoms with Gasteiger partial charge in [0.25, 0.3) is 5.91 Å². The van der Waals surface area contributed by atoms with Gasteiger partial charge in [0.1, 0.15) is 5.75 Å². The molecule has 128 valence electrons. The van der Waals surface area contributed by atoms with Crippen LogP contribution in [0.4, 0.5) is 5.69 Å². The van der Waals surface area contributed by atoms with Gasteiger partial charge in [-0.15, -0.1) is 0 Å². The summed E-state index contributed by atoms with van der Waals surface area (Å²) in [5.41, 5.74) is 5.20. The molecule has 25 heavy (non-hydrogen) atoms. The normalized spacial score (nSPS) is 17.2. The molecule has 0 unspecified atom stereocenters. The number of rotatable bonds is 3. The van der Waals surface area contributed by atoms with Crippen molar-refractivity contribution in [3.05, 3.63) is 63.6 Å². The van der Waals surface area contributed by atoms with Crippen LogP contribution >= 0.6 is 11.8 Å². The molecule has 0 radical (unpaired) electrons. The third-order valence-corrected chi connectivity index (χ3v) is 4.76. The maximum atomic E-state index is 12.2. The van der Waals surface area contributed by atoms with E-state index in [0.29, 0.717) is 10.1 Å². The minimum atomic E-state index is -0.122. The number of benzene rings is 2. The number of nitrogens with one attached hydrogen (secondary N) is 1. The Morgan fingerprint density at radius 1 is 1.08 bits per heavy atom. The van der Waals surface area contributed by atoms with Crippen LogP contribution in [0.5, 0.6) is 5.75 Å². The minimum Gasteiger partial charge on any atom is -0.497 e. The number of ether oxygens (including phenoxy) is 1. The zero-order chi connectivity index (χ0) is 18.0. The first-order valence-electron chi connectivity index (χ1n) is 7.97. The number of hydrogen-bond donors (Lipinski definition) is 1. The molecule has 1 amide bonds. The molecule has 1 N–H and O–H groups in total. The van der Waals surface area contributed by atoms with Crippen molar-refractivity contribution >= 4 is 34.6 Å². The molecule has 1 aliphatic heterocycles. The van der Waals surface area contributed by atoms with Crippen LogP contribution in [0, 0.1) is 20.8 Å². The van der Waals surface area contributed by atoms with Crippen molar-refractivity contribution in [3.8, 4) is 5.75 Å². The van der Waals surface area contributed by atoms with Crippen molar-refractivity contribution in [2.24, 2.45) is 4.99 Å². The van der Waals surface area contributed by atoms with E-state index in [9.17, 15) is 4.79 Å². The molecule has 2 aromatic rings. The van der Waals surface area contributed by atoms with E-state index in [1.807, 2.05) is 57.2 Å². The highest BCUT2D eigenvalue weighted by Crippen LogP contribution is 2.30. The van der Waals surface area contributed by atoms with Crippen molar-refractivity contribution in [2.45, 2.75) is 20.8 Å². The molecule has 0 bridgehead atoms. The Kier molecular flexibility index (Phi) is 4.95. The van der Waals surface area contributed by atoms with Gasteiger partial charge in [-0.2, -0.15) is 0 Å². The highest BCUT2D eigenvalue weighted by molar-refractivity contribution is 8.18. The molecule has 0 aliphatic carbocycles. The number of aliphatic imine (C=N–C) groups is 1. The highest BCUT2D eigenvalue weighted by Gasteiger charge is 2.24. The number of aryl methyl sites for hydroxylation is 3. The predicted molar refractivity (Wildman–Crippen MR) is 104 cm³/mol. The molecule has 5 heteroatoms. The van der Waals surface area contributed by atoms with Gasteiger partial charge in [-0.05, 0) is 85.1 Å². The van der Waals surface area contributed by atoms with Crippen LogP contribution in [0.25, 0.3) is 6.08 Å². The molecule has 4 nitrogen and oxygen atoms in total. The Morgan fingerprint density at radius 2 is 1.80 bits per heavy atom. The SMILES string of the molecule is COc1ccc(C=C2SC(=Nc3cc(C)cc(C)c3)NC2=O)c(C)c1. The average molecular weight is 352 g/mol. The van der Waals surface area contributed by atoms with Crippen molar-refractivity contribution in [1.82, 2.24) is 5.32 Å². The number of carbonyl (C=O) groups is 1. The molecule has 1 fully saturated rings. The topological polar surface area (TPSA) is 50.7 Å². The van der Waals surface area contributed by atoms with Gasteiger partial charge in [0.05, 0.1) is 17.7 Å². The molecule has 1 saturated heterocycles. The largest absolute Gasteiger partial charge is 0.497 e. The van der Waals surface area contributed by atoms with Crippen LogP contribution < -0.4 is 10.1 Å². The molecule has 0 saturated carbocycles. The van der Waals surface area contributed by atoms with E-state index in [-0.39, 0.29) is 5.91 Å². The third kappa shape index (κ3) is 4.12. The number of carbonyl (C=O) groups excluding carboxylic acids is 1. The summed E-state index contributed by atoms with van der Waals surface area (Å²) in [6.07, 6.45) is 1.89. The molecular weight excluding hydrogens is 332 g/mol. The quantitative estimate of drug-likeness (QED) is 0.827. The summed E-state index contributed by atoms with van der Waals surface area (Å²) in [5.74, 6) is 0.684. The van der Waals surface area contributed by atoms with E-state index in [0.717, 1.165) is 33.7 Å². The van der Waals surface area contributed by atoms with E-state index in [1.165, 1.54) is 11.8 Å². The fourth-order valence-corrected chi connectivity index (χ4v) is 3.52. The summed E-state index contributed by atoms with van der Waals surface area (Å²) in [6.45, 7) is 6.07. The molecule has 1 aliphatic rings. The summed E-state index contributed by atoms with van der Waals surface area (Å²) < 4.78 is 5.22. The summed E-state index contributed by atoms with van der Waals surface area (Å²) in [7, 11) is 1.64. The Labute approximate surface area is 152 Å². The molecule has 0 aromatic heterocycles. The highest BCUT2D eigenvalue weighted by atomic mass is 32.2. The van der Waals surface area contributed by atoms with E-state index >= 15 is 0 Å². The van der Waals surface area contributed by atoms with Crippen molar-refractivity contribution < 1.29 is 9.53 Å². The smallest absolute Gasteiger partial charge is 0.264 e. The lowest BCUT2D eigenvalue weighted by atomic mass is 10.1. The van der Waals surface area contributed by atoms with Crippen molar-refractivity contribution in [3.63, 3.8) is 0 Å². The molecule has 3 rings (SSSR count). The summed E-state index contributed by atoms with van der Waals surface area (Å²) >= 11 is 1.36. The Bertz CT molecular complexity index is 880. The van der Waals surface area contributed by atoms with E-state index < -0.39 is 0 Å². The first-order valence-corrected chi connectivity index (χ1v) is 8.79. The zero-order valence-electron chi connectivity index (χ0n) is 14.7. The molecule has 1 heterocycles. The van der Waals surface area contributed by atoms with Crippen LogP contribution in [0.15, 0.2) is 46.3 Å². The standard InChI is InChI=1S/C20H20N2O2S/c1-12-7-13(2)9-16(8-12)21-20-22-19(23)18(25-20)11-15-5-6-17(24-4)10-14(15)3/h5-11H,1-4H3,(H,21,22,23). The molecule has 2 aromatic carbocycles. The maximum absolute atomic E-state index is 12.2. The number of thioether (sulfide) groups is 1. The summed E-state index contributed by atoms with van der Waals surface area (Å²) in [5, 5.41) is 3.44. The lowest BCUT2D eigenvalue weighted by Gasteiger charge is -2.04. The second kappa shape index (κ2) is 7.15. The van der Waals surface area contributed by atoms with Gasteiger partial charge in [-0.25, -0.2) is 4.99 Å². The molecule has 0 spiro atoms. The molecule has 0 atom stereocenters. The number of amides is 1. The van der Waals surface area contributed by atoms with Crippen LogP contribution in [0.2, 0.25) is 0 Å². The van der Waals surface area contributed by atoms with Crippen LogP contribution in [0.3, 0.4) is 0 Å². The van der Waals surface area contributed by atoms with Gasteiger partial charge in [-0.1, -0.05) is 12.1 Å².